The van der Waals surface area contributed by atoms with Gasteiger partial charge in [-0.2, -0.15) is 9.97 Å². The van der Waals surface area contributed by atoms with Crippen LogP contribution in [0.25, 0.3) is 0 Å². The molecule has 3 aromatic heterocycles. The minimum atomic E-state index is -0.493. The smallest absolute Gasteiger partial charge is 0.227 e. The first-order valence-electron chi connectivity index (χ1n) is 7.13. The molecule has 10 heteroatoms. The highest BCUT2D eigenvalue weighted by Crippen LogP contribution is 2.19. The van der Waals surface area contributed by atoms with Crippen LogP contribution in [-0.4, -0.2) is 29.5 Å². The van der Waals surface area contributed by atoms with E-state index in [0.717, 1.165) is 12.4 Å². The summed E-state index contributed by atoms with van der Waals surface area (Å²) in [6.07, 6.45) is 5.68. The molecule has 1 atom stereocenters. The van der Waals surface area contributed by atoms with Crippen LogP contribution in [0.1, 0.15) is 18.8 Å². The second kappa shape index (κ2) is 6.44. The molecule has 9 nitrogen and oxygen atoms in total. The Morgan fingerprint density at radius 1 is 1.17 bits per heavy atom. The molecule has 0 fully saturated rings. The molecule has 0 aliphatic heterocycles. The molecule has 0 aliphatic carbocycles. The fourth-order valence-corrected chi connectivity index (χ4v) is 2.01. The first-order chi connectivity index (χ1) is 11.5. The van der Waals surface area contributed by atoms with Crippen LogP contribution < -0.4 is 16.4 Å². The molecule has 0 spiro atoms. The predicted molar refractivity (Wildman–Crippen MR) is 87.0 cm³/mol. The van der Waals surface area contributed by atoms with Gasteiger partial charge in [0, 0.05) is 19.3 Å². The van der Waals surface area contributed by atoms with E-state index in [0.29, 0.717) is 23.4 Å². The molecule has 24 heavy (non-hydrogen) atoms. The maximum Gasteiger partial charge on any atom is 0.227 e. The van der Waals surface area contributed by atoms with Crippen molar-refractivity contribution in [2.75, 3.05) is 16.4 Å². The van der Waals surface area contributed by atoms with Crippen molar-refractivity contribution >= 4 is 23.4 Å². The van der Waals surface area contributed by atoms with E-state index in [4.69, 9.17) is 5.73 Å². The minimum absolute atomic E-state index is 0.290. The van der Waals surface area contributed by atoms with E-state index in [1.807, 2.05) is 14.0 Å². The van der Waals surface area contributed by atoms with E-state index in [2.05, 4.69) is 35.6 Å². The standard InChI is InChI=1S/C14H16FN9/c1-8(13-17-4-9(15)5-18-13)20-14-21-10(16)3-11(23-14)22-12-6-24(2)7-19-12/h3-8H,1-2H3,(H4,16,20,21,22,23)/t8-/m0/s1. The minimum Gasteiger partial charge on any atom is -0.383 e. The van der Waals surface area contributed by atoms with E-state index >= 15 is 0 Å². The molecule has 3 heterocycles. The predicted octanol–water partition coefficient (Wildman–Crippen LogP) is 1.64. The van der Waals surface area contributed by atoms with Gasteiger partial charge in [-0.1, -0.05) is 0 Å². The van der Waals surface area contributed by atoms with Gasteiger partial charge in [0.15, 0.2) is 5.82 Å². The van der Waals surface area contributed by atoms with E-state index in [1.54, 1.807) is 23.2 Å². The summed E-state index contributed by atoms with van der Waals surface area (Å²) in [6.45, 7) is 1.81. The van der Waals surface area contributed by atoms with Crippen LogP contribution in [0.15, 0.2) is 31.0 Å². The fraction of sp³-hybridized carbons (Fsp3) is 0.214. The zero-order valence-electron chi connectivity index (χ0n) is 13.1. The summed E-state index contributed by atoms with van der Waals surface area (Å²) < 4.78 is 14.7. The van der Waals surface area contributed by atoms with Gasteiger partial charge < -0.3 is 20.9 Å². The lowest BCUT2D eigenvalue weighted by Gasteiger charge is -2.13. The summed E-state index contributed by atoms with van der Waals surface area (Å²) in [5, 5.41) is 6.08. The molecule has 3 aromatic rings. The lowest BCUT2D eigenvalue weighted by molar-refractivity contribution is 0.604. The monoisotopic (exact) mass is 329 g/mol. The van der Waals surface area contributed by atoms with Gasteiger partial charge in [0.05, 0.1) is 24.8 Å². The number of nitrogens with one attached hydrogen (secondary N) is 2. The number of nitrogen functional groups attached to an aromatic ring is 1. The first kappa shape index (κ1) is 15.6. The van der Waals surface area contributed by atoms with Gasteiger partial charge in [-0.05, 0) is 6.92 Å². The lowest BCUT2D eigenvalue weighted by Crippen LogP contribution is -2.14. The quantitative estimate of drug-likeness (QED) is 0.646. The van der Waals surface area contributed by atoms with Crippen LogP contribution in [0.2, 0.25) is 0 Å². The van der Waals surface area contributed by atoms with Crippen LogP contribution >= 0.6 is 0 Å². The number of rotatable bonds is 5. The number of hydrogen-bond acceptors (Lipinski definition) is 8. The third kappa shape index (κ3) is 3.72. The third-order valence-electron chi connectivity index (χ3n) is 3.08. The highest BCUT2D eigenvalue weighted by molar-refractivity contribution is 5.57. The van der Waals surface area contributed by atoms with Crippen molar-refractivity contribution in [1.82, 2.24) is 29.5 Å². The molecule has 0 bridgehead atoms. The van der Waals surface area contributed by atoms with Gasteiger partial charge in [-0.3, -0.25) is 0 Å². The molecule has 0 saturated heterocycles. The molecule has 0 aromatic carbocycles. The summed E-state index contributed by atoms with van der Waals surface area (Å²) in [5.74, 6) is 1.65. The lowest BCUT2D eigenvalue weighted by atomic mass is 10.3. The van der Waals surface area contributed by atoms with Gasteiger partial charge >= 0.3 is 0 Å². The molecule has 0 radical (unpaired) electrons. The molecule has 3 rings (SSSR count). The first-order valence-corrected chi connectivity index (χ1v) is 7.13. The number of aryl methyl sites for hydroxylation is 1. The zero-order valence-corrected chi connectivity index (χ0v) is 13.1. The Bertz CT molecular complexity index is 831. The average Bonchev–Trinajstić information content (AvgIpc) is 2.92. The molecule has 4 N–H and O–H groups in total. The number of aromatic nitrogens is 6. The maximum absolute atomic E-state index is 12.9. The molecule has 0 aliphatic rings. The van der Waals surface area contributed by atoms with Gasteiger partial charge in [-0.25, -0.2) is 19.3 Å². The molecule has 0 saturated carbocycles. The number of nitrogens with zero attached hydrogens (tertiary/aromatic N) is 6. The van der Waals surface area contributed by atoms with Crippen molar-refractivity contribution < 1.29 is 4.39 Å². The summed E-state index contributed by atoms with van der Waals surface area (Å²) >= 11 is 0. The van der Waals surface area contributed by atoms with Crippen molar-refractivity contribution in [1.29, 1.82) is 0 Å². The third-order valence-corrected chi connectivity index (χ3v) is 3.08. The Hall–Kier alpha value is -3.30. The largest absolute Gasteiger partial charge is 0.383 e. The van der Waals surface area contributed by atoms with E-state index in [1.165, 1.54) is 0 Å². The van der Waals surface area contributed by atoms with Crippen molar-refractivity contribution in [3.05, 3.63) is 42.6 Å². The maximum atomic E-state index is 12.9. The topological polar surface area (TPSA) is 119 Å². The number of nitrogens with two attached hydrogens (primary N) is 1. The summed E-state index contributed by atoms with van der Waals surface area (Å²) in [6, 6.07) is 1.27. The van der Waals surface area contributed by atoms with Crippen LogP contribution in [0.4, 0.5) is 27.8 Å². The Morgan fingerprint density at radius 2 is 1.92 bits per heavy atom. The molecular weight excluding hydrogens is 313 g/mol. The van der Waals surface area contributed by atoms with Crippen LogP contribution in [0.5, 0.6) is 0 Å². The summed E-state index contributed by atoms with van der Waals surface area (Å²) in [5.41, 5.74) is 5.81. The van der Waals surface area contributed by atoms with Crippen molar-refractivity contribution in [3.63, 3.8) is 0 Å². The highest BCUT2D eigenvalue weighted by atomic mass is 19.1. The van der Waals surface area contributed by atoms with Crippen molar-refractivity contribution in [2.24, 2.45) is 7.05 Å². The van der Waals surface area contributed by atoms with Crippen LogP contribution in [0.3, 0.4) is 0 Å². The molecular formula is C14H16FN9. The number of halogens is 1. The van der Waals surface area contributed by atoms with Crippen LogP contribution in [0, 0.1) is 5.82 Å². The number of imidazole rings is 1. The van der Waals surface area contributed by atoms with Gasteiger partial charge in [-0.15, -0.1) is 0 Å². The second-order valence-electron chi connectivity index (χ2n) is 5.18. The fourth-order valence-electron chi connectivity index (χ4n) is 2.01. The Balaban J connectivity index is 1.76. The van der Waals surface area contributed by atoms with Gasteiger partial charge in [0.25, 0.3) is 0 Å². The van der Waals surface area contributed by atoms with E-state index in [-0.39, 0.29) is 11.9 Å². The normalized spacial score (nSPS) is 12.0. The Morgan fingerprint density at radius 3 is 2.58 bits per heavy atom. The molecule has 124 valence electrons. The number of anilines is 4. The molecule has 0 unspecified atom stereocenters. The van der Waals surface area contributed by atoms with E-state index in [9.17, 15) is 4.39 Å². The highest BCUT2D eigenvalue weighted by Gasteiger charge is 2.12. The molecule has 0 amide bonds. The second-order valence-corrected chi connectivity index (χ2v) is 5.18. The van der Waals surface area contributed by atoms with Crippen molar-refractivity contribution in [3.8, 4) is 0 Å². The van der Waals surface area contributed by atoms with Gasteiger partial charge in [0.2, 0.25) is 5.95 Å². The SMILES string of the molecule is C[C@H](Nc1nc(N)cc(Nc2cn(C)cn2)n1)c1ncc(F)cn1. The summed E-state index contributed by atoms with van der Waals surface area (Å²) in [7, 11) is 1.86. The Labute approximate surface area is 137 Å². The van der Waals surface area contributed by atoms with Gasteiger partial charge in [0.1, 0.15) is 23.3 Å². The summed E-state index contributed by atoms with van der Waals surface area (Å²) in [4.78, 5) is 20.5. The Kier molecular flexibility index (Phi) is 4.18. The van der Waals surface area contributed by atoms with E-state index < -0.39 is 5.82 Å². The zero-order chi connectivity index (χ0) is 17.1. The van der Waals surface area contributed by atoms with Crippen molar-refractivity contribution in [2.45, 2.75) is 13.0 Å². The average molecular weight is 329 g/mol. The van der Waals surface area contributed by atoms with Crippen LogP contribution in [-0.2, 0) is 7.05 Å². The number of hydrogen-bond donors (Lipinski definition) is 3.